The minimum absolute atomic E-state index is 0.288. The molecule has 2 nitrogen and oxygen atoms in total. The molecule has 1 aromatic rings. The van der Waals surface area contributed by atoms with Gasteiger partial charge in [0, 0.05) is 0 Å². The summed E-state index contributed by atoms with van der Waals surface area (Å²) in [5.41, 5.74) is 3.00. The molecule has 82 valence electrons. The van der Waals surface area contributed by atoms with Crippen LogP contribution in [0.1, 0.15) is 15.9 Å². The lowest BCUT2D eigenvalue weighted by Gasteiger charge is -2.09. The quantitative estimate of drug-likeness (QED) is 0.792. The Morgan fingerprint density at radius 1 is 1.33 bits per heavy atom. The number of primary amides is 1. The van der Waals surface area contributed by atoms with E-state index in [0.29, 0.717) is 6.07 Å². The van der Waals surface area contributed by atoms with E-state index >= 15 is 0 Å². The van der Waals surface area contributed by atoms with Gasteiger partial charge in [-0.15, -0.1) is 0 Å². The predicted molar refractivity (Wildman–Crippen MR) is 47.6 cm³/mol. The molecule has 7 heteroatoms. The zero-order chi connectivity index (χ0) is 11.8. The van der Waals surface area contributed by atoms with Crippen molar-refractivity contribution in [2.75, 3.05) is 0 Å². The topological polar surface area (TPSA) is 43.1 Å². The molecule has 2 N–H and O–H groups in total. The maximum absolute atomic E-state index is 13.0. The standard InChI is InChI=1S/C8H4BrF4NO/c9-6-4(7(14)15)1-3(2-5(6)10)8(11,12)13/h1-2H,(H2,14,15). The monoisotopic (exact) mass is 285 g/mol. The van der Waals surface area contributed by atoms with Crippen LogP contribution in [0.4, 0.5) is 17.6 Å². The van der Waals surface area contributed by atoms with Crippen LogP contribution < -0.4 is 5.73 Å². The van der Waals surface area contributed by atoms with E-state index < -0.39 is 29.0 Å². The average molecular weight is 286 g/mol. The molecule has 0 radical (unpaired) electrons. The molecule has 0 bridgehead atoms. The first-order valence-corrected chi connectivity index (χ1v) is 4.39. The van der Waals surface area contributed by atoms with Crippen LogP contribution in [0.5, 0.6) is 0 Å². The maximum atomic E-state index is 13.0. The summed E-state index contributed by atoms with van der Waals surface area (Å²) in [6.45, 7) is 0. The van der Waals surface area contributed by atoms with Crippen molar-refractivity contribution in [1.29, 1.82) is 0 Å². The molecule has 0 unspecified atom stereocenters. The lowest BCUT2D eigenvalue weighted by Crippen LogP contribution is -2.15. The molecule has 15 heavy (non-hydrogen) atoms. The fourth-order valence-electron chi connectivity index (χ4n) is 0.932. The number of rotatable bonds is 1. The molecule has 1 rings (SSSR count). The van der Waals surface area contributed by atoms with Crippen molar-refractivity contribution in [3.63, 3.8) is 0 Å². The summed E-state index contributed by atoms with van der Waals surface area (Å²) in [7, 11) is 0. The molecule has 0 heterocycles. The second-order valence-electron chi connectivity index (χ2n) is 2.68. The summed E-state index contributed by atoms with van der Waals surface area (Å²) in [5.74, 6) is -2.31. The third-order valence-electron chi connectivity index (χ3n) is 1.62. The van der Waals surface area contributed by atoms with Crippen LogP contribution in [0, 0.1) is 5.82 Å². The molecule has 0 fully saturated rings. The van der Waals surface area contributed by atoms with Gasteiger partial charge in [0.2, 0.25) is 5.91 Å². The molecule has 0 aromatic heterocycles. The van der Waals surface area contributed by atoms with E-state index in [2.05, 4.69) is 15.9 Å². The number of nitrogens with two attached hydrogens (primary N) is 1. The van der Waals surface area contributed by atoms with Gasteiger partial charge < -0.3 is 5.73 Å². The van der Waals surface area contributed by atoms with Gasteiger partial charge in [-0.1, -0.05) is 0 Å². The zero-order valence-electron chi connectivity index (χ0n) is 7.03. The highest BCUT2D eigenvalue weighted by atomic mass is 79.9. The average Bonchev–Trinajstić information content (AvgIpc) is 2.06. The Hall–Kier alpha value is -1.11. The van der Waals surface area contributed by atoms with Crippen molar-refractivity contribution in [3.05, 3.63) is 33.5 Å². The lowest BCUT2D eigenvalue weighted by molar-refractivity contribution is -0.137. The number of hydrogen-bond donors (Lipinski definition) is 1. The molecule has 0 saturated heterocycles. The first kappa shape index (κ1) is 12.0. The summed E-state index contributed by atoms with van der Waals surface area (Å²) in [4.78, 5) is 10.7. The molecular formula is C8H4BrF4NO. The first-order valence-electron chi connectivity index (χ1n) is 3.59. The fraction of sp³-hybridized carbons (Fsp3) is 0.125. The van der Waals surface area contributed by atoms with E-state index in [1.54, 1.807) is 0 Å². The van der Waals surface area contributed by atoms with Gasteiger partial charge in [-0.05, 0) is 28.1 Å². The third kappa shape index (κ3) is 2.47. The van der Waals surface area contributed by atoms with Crippen LogP contribution >= 0.6 is 15.9 Å². The van der Waals surface area contributed by atoms with E-state index in [9.17, 15) is 22.4 Å². The Kier molecular flexibility index (Phi) is 3.03. The normalized spacial score (nSPS) is 11.5. The van der Waals surface area contributed by atoms with Crippen molar-refractivity contribution >= 4 is 21.8 Å². The van der Waals surface area contributed by atoms with Gasteiger partial charge in [-0.2, -0.15) is 13.2 Å². The highest BCUT2D eigenvalue weighted by Crippen LogP contribution is 2.33. The van der Waals surface area contributed by atoms with Gasteiger partial charge in [0.25, 0.3) is 0 Å². The van der Waals surface area contributed by atoms with Crippen molar-refractivity contribution in [1.82, 2.24) is 0 Å². The molecular weight excluding hydrogens is 282 g/mol. The molecule has 1 aromatic carbocycles. The minimum atomic E-state index is -4.72. The maximum Gasteiger partial charge on any atom is 0.416 e. The van der Waals surface area contributed by atoms with E-state index in [-0.39, 0.29) is 10.5 Å². The Labute approximate surface area is 90.2 Å². The first-order chi connectivity index (χ1) is 6.73. The van der Waals surface area contributed by atoms with Crippen LogP contribution in [0.2, 0.25) is 0 Å². The van der Waals surface area contributed by atoms with Crippen LogP contribution in [0.3, 0.4) is 0 Å². The van der Waals surface area contributed by atoms with E-state index in [0.717, 1.165) is 0 Å². The Morgan fingerprint density at radius 2 is 1.87 bits per heavy atom. The summed E-state index contributed by atoms with van der Waals surface area (Å²) in [6, 6.07) is 0.784. The number of benzene rings is 1. The van der Waals surface area contributed by atoms with E-state index in [1.165, 1.54) is 0 Å². The van der Waals surface area contributed by atoms with Crippen molar-refractivity contribution in [3.8, 4) is 0 Å². The summed E-state index contributed by atoms with van der Waals surface area (Å²) < 4.78 is 49.2. The van der Waals surface area contributed by atoms with Gasteiger partial charge in [-0.3, -0.25) is 4.79 Å². The van der Waals surface area contributed by atoms with Gasteiger partial charge in [0.1, 0.15) is 5.82 Å². The van der Waals surface area contributed by atoms with Gasteiger partial charge >= 0.3 is 6.18 Å². The van der Waals surface area contributed by atoms with Gasteiger partial charge in [0.15, 0.2) is 0 Å². The second-order valence-corrected chi connectivity index (χ2v) is 3.47. The molecule has 0 aliphatic carbocycles. The number of alkyl halides is 3. The van der Waals surface area contributed by atoms with Gasteiger partial charge in [-0.25, -0.2) is 4.39 Å². The SMILES string of the molecule is NC(=O)c1cc(C(F)(F)F)cc(F)c1Br. The van der Waals surface area contributed by atoms with Crippen LogP contribution in [-0.2, 0) is 6.18 Å². The van der Waals surface area contributed by atoms with Crippen molar-refractivity contribution < 1.29 is 22.4 Å². The summed E-state index contributed by atoms with van der Waals surface area (Å²) in [6.07, 6.45) is -4.72. The highest BCUT2D eigenvalue weighted by Gasteiger charge is 2.32. The molecule has 0 saturated carbocycles. The van der Waals surface area contributed by atoms with Gasteiger partial charge in [0.05, 0.1) is 15.6 Å². The lowest BCUT2D eigenvalue weighted by atomic mass is 10.1. The smallest absolute Gasteiger partial charge is 0.366 e. The second kappa shape index (κ2) is 3.80. The molecule has 0 atom stereocenters. The molecule has 0 aliphatic heterocycles. The Morgan fingerprint density at radius 3 is 2.27 bits per heavy atom. The Bertz CT molecular complexity index is 416. The number of amides is 1. The van der Waals surface area contributed by atoms with Crippen LogP contribution in [0.15, 0.2) is 16.6 Å². The minimum Gasteiger partial charge on any atom is -0.366 e. The van der Waals surface area contributed by atoms with Crippen LogP contribution in [0.25, 0.3) is 0 Å². The van der Waals surface area contributed by atoms with Crippen molar-refractivity contribution in [2.45, 2.75) is 6.18 Å². The largest absolute Gasteiger partial charge is 0.416 e. The molecule has 0 spiro atoms. The van der Waals surface area contributed by atoms with E-state index in [1.807, 2.05) is 0 Å². The predicted octanol–water partition coefficient (Wildman–Crippen LogP) is 2.71. The summed E-state index contributed by atoms with van der Waals surface area (Å²) in [5, 5.41) is 0. The Balaban J connectivity index is 3.43. The molecule has 0 aliphatic rings. The highest BCUT2D eigenvalue weighted by molar-refractivity contribution is 9.10. The van der Waals surface area contributed by atoms with Crippen molar-refractivity contribution in [2.24, 2.45) is 5.73 Å². The van der Waals surface area contributed by atoms with Crippen LogP contribution in [-0.4, -0.2) is 5.91 Å². The zero-order valence-corrected chi connectivity index (χ0v) is 8.62. The number of hydrogen-bond acceptors (Lipinski definition) is 1. The number of halogens is 5. The third-order valence-corrected chi connectivity index (χ3v) is 2.43. The number of carbonyl (C=O) groups is 1. The number of carbonyl (C=O) groups excluding carboxylic acids is 1. The fourth-order valence-corrected chi connectivity index (χ4v) is 1.36. The summed E-state index contributed by atoms with van der Waals surface area (Å²) >= 11 is 2.64. The molecule has 1 amide bonds. The van der Waals surface area contributed by atoms with E-state index in [4.69, 9.17) is 5.73 Å².